The highest BCUT2D eigenvalue weighted by atomic mass is 35.5. The summed E-state index contributed by atoms with van der Waals surface area (Å²) in [5, 5.41) is 3.54. The second-order valence-corrected chi connectivity index (χ2v) is 8.13. The molecule has 0 bridgehead atoms. The van der Waals surface area contributed by atoms with E-state index in [1.54, 1.807) is 53.4 Å². The van der Waals surface area contributed by atoms with Crippen molar-refractivity contribution in [1.82, 2.24) is 15.1 Å². The Morgan fingerprint density at radius 1 is 0.935 bits per heavy atom. The van der Waals surface area contributed by atoms with Crippen molar-refractivity contribution < 1.29 is 19.2 Å². The van der Waals surface area contributed by atoms with Gasteiger partial charge < -0.3 is 10.2 Å². The highest BCUT2D eigenvalue weighted by Crippen LogP contribution is 2.22. The third-order valence-corrected chi connectivity index (χ3v) is 5.93. The van der Waals surface area contributed by atoms with Crippen molar-refractivity contribution in [3.05, 3.63) is 70.2 Å². The summed E-state index contributed by atoms with van der Waals surface area (Å²) < 4.78 is 0. The van der Waals surface area contributed by atoms with Gasteiger partial charge in [-0.3, -0.25) is 24.1 Å². The van der Waals surface area contributed by atoms with Crippen molar-refractivity contribution in [3.8, 4) is 0 Å². The molecule has 0 unspecified atom stereocenters. The lowest BCUT2D eigenvalue weighted by Crippen LogP contribution is -2.47. The molecule has 2 aliphatic heterocycles. The van der Waals surface area contributed by atoms with Crippen molar-refractivity contribution in [2.75, 3.05) is 19.6 Å². The Morgan fingerprint density at radius 3 is 2.10 bits per heavy atom. The highest BCUT2D eigenvalue weighted by Gasteiger charge is 2.35. The standard InChI is InChI=1S/C23H22ClN3O4/c24-16-7-5-15(6-8-16)21(29)26-12-9-17(10-13-26)25-20(28)11-14-27-22(30)18-3-1-2-4-19(18)23(27)31/h1-8,17H,9-14H2,(H,25,28). The Labute approximate surface area is 185 Å². The van der Waals surface area contributed by atoms with Gasteiger partial charge in [0.15, 0.2) is 0 Å². The zero-order chi connectivity index (χ0) is 22.0. The summed E-state index contributed by atoms with van der Waals surface area (Å²) in [6, 6.07) is 13.4. The molecule has 0 atom stereocenters. The van der Waals surface area contributed by atoms with Gasteiger partial charge in [-0.2, -0.15) is 0 Å². The SMILES string of the molecule is O=C(CCN1C(=O)c2ccccc2C1=O)NC1CCN(C(=O)c2ccc(Cl)cc2)CC1. The van der Waals surface area contributed by atoms with E-state index in [2.05, 4.69) is 5.32 Å². The highest BCUT2D eigenvalue weighted by molar-refractivity contribution is 6.30. The van der Waals surface area contributed by atoms with Crippen LogP contribution in [-0.2, 0) is 4.79 Å². The number of piperidine rings is 1. The molecule has 4 amide bonds. The van der Waals surface area contributed by atoms with E-state index in [1.807, 2.05) is 0 Å². The lowest BCUT2D eigenvalue weighted by atomic mass is 10.0. The summed E-state index contributed by atoms with van der Waals surface area (Å²) >= 11 is 5.87. The summed E-state index contributed by atoms with van der Waals surface area (Å²) in [6.07, 6.45) is 1.35. The normalized spacial score (nSPS) is 16.4. The Bertz CT molecular complexity index is 994. The first-order chi connectivity index (χ1) is 14.9. The summed E-state index contributed by atoms with van der Waals surface area (Å²) in [6.45, 7) is 1.14. The minimum atomic E-state index is -0.359. The Kier molecular flexibility index (Phi) is 6.04. The molecule has 0 spiro atoms. The number of hydrogen-bond donors (Lipinski definition) is 1. The number of carbonyl (C=O) groups excluding carboxylic acids is 4. The molecule has 2 heterocycles. The van der Waals surface area contributed by atoms with Crippen LogP contribution < -0.4 is 5.32 Å². The van der Waals surface area contributed by atoms with Crippen LogP contribution >= 0.6 is 11.6 Å². The number of nitrogens with one attached hydrogen (secondary N) is 1. The fourth-order valence-corrected chi connectivity index (χ4v) is 4.08. The predicted molar refractivity (Wildman–Crippen MR) is 115 cm³/mol. The monoisotopic (exact) mass is 439 g/mol. The lowest BCUT2D eigenvalue weighted by molar-refractivity contribution is -0.122. The molecule has 31 heavy (non-hydrogen) atoms. The van der Waals surface area contributed by atoms with E-state index in [1.165, 1.54) is 0 Å². The van der Waals surface area contributed by atoms with E-state index >= 15 is 0 Å². The first-order valence-corrected chi connectivity index (χ1v) is 10.6. The number of likely N-dealkylation sites (tertiary alicyclic amines) is 1. The number of benzene rings is 2. The first-order valence-electron chi connectivity index (χ1n) is 10.2. The van der Waals surface area contributed by atoms with E-state index in [0.29, 0.717) is 47.6 Å². The number of amides is 4. The molecule has 2 aliphatic rings. The van der Waals surface area contributed by atoms with Crippen LogP contribution in [0.25, 0.3) is 0 Å². The molecule has 2 aromatic rings. The Hall–Kier alpha value is -3.19. The molecule has 1 saturated heterocycles. The van der Waals surface area contributed by atoms with Crippen LogP contribution in [0.1, 0.15) is 50.3 Å². The third kappa shape index (κ3) is 4.46. The van der Waals surface area contributed by atoms with E-state index < -0.39 is 0 Å². The van der Waals surface area contributed by atoms with Crippen LogP contribution in [0, 0.1) is 0 Å². The second kappa shape index (κ2) is 8.89. The van der Waals surface area contributed by atoms with Crippen LogP contribution in [0.3, 0.4) is 0 Å². The van der Waals surface area contributed by atoms with Gasteiger partial charge in [0.1, 0.15) is 0 Å². The first kappa shape index (κ1) is 21.1. The molecule has 4 rings (SSSR count). The van der Waals surface area contributed by atoms with Crippen molar-refractivity contribution in [1.29, 1.82) is 0 Å². The summed E-state index contributed by atoms with van der Waals surface area (Å²) in [5.41, 5.74) is 1.35. The van der Waals surface area contributed by atoms with Gasteiger partial charge in [0.05, 0.1) is 11.1 Å². The van der Waals surface area contributed by atoms with Crippen molar-refractivity contribution in [2.45, 2.75) is 25.3 Å². The maximum absolute atomic E-state index is 12.6. The summed E-state index contributed by atoms with van der Waals surface area (Å²) in [5.74, 6) is -0.976. The molecule has 8 heteroatoms. The minimum Gasteiger partial charge on any atom is -0.353 e. The minimum absolute atomic E-state index is 0.0380. The number of rotatable bonds is 5. The summed E-state index contributed by atoms with van der Waals surface area (Å²) in [4.78, 5) is 52.6. The number of fused-ring (bicyclic) bond motifs is 1. The van der Waals surface area contributed by atoms with E-state index in [0.717, 1.165) is 4.90 Å². The van der Waals surface area contributed by atoms with Crippen LogP contribution in [0.15, 0.2) is 48.5 Å². The van der Waals surface area contributed by atoms with E-state index in [9.17, 15) is 19.2 Å². The second-order valence-electron chi connectivity index (χ2n) is 7.70. The fourth-order valence-electron chi connectivity index (χ4n) is 3.96. The Morgan fingerprint density at radius 2 is 1.52 bits per heavy atom. The van der Waals surface area contributed by atoms with Crippen LogP contribution in [-0.4, -0.2) is 59.1 Å². The molecule has 7 nitrogen and oxygen atoms in total. The molecule has 1 N–H and O–H groups in total. The van der Waals surface area contributed by atoms with Crippen LogP contribution in [0.5, 0.6) is 0 Å². The average Bonchev–Trinajstić information content (AvgIpc) is 3.03. The van der Waals surface area contributed by atoms with Crippen LogP contribution in [0.2, 0.25) is 5.02 Å². The quantitative estimate of drug-likeness (QED) is 0.726. The fraction of sp³-hybridized carbons (Fsp3) is 0.304. The van der Waals surface area contributed by atoms with Crippen molar-refractivity contribution in [3.63, 3.8) is 0 Å². The molecular formula is C23H22ClN3O4. The van der Waals surface area contributed by atoms with Gasteiger partial charge in [0.2, 0.25) is 5.91 Å². The van der Waals surface area contributed by atoms with Gasteiger partial charge in [0, 0.05) is 42.7 Å². The van der Waals surface area contributed by atoms with Gasteiger partial charge in [0.25, 0.3) is 17.7 Å². The Balaban J connectivity index is 1.24. The molecule has 0 aliphatic carbocycles. The largest absolute Gasteiger partial charge is 0.353 e. The number of hydrogen-bond acceptors (Lipinski definition) is 4. The molecule has 0 saturated carbocycles. The number of nitrogens with zero attached hydrogens (tertiary/aromatic N) is 2. The maximum Gasteiger partial charge on any atom is 0.261 e. The molecule has 0 radical (unpaired) electrons. The average molecular weight is 440 g/mol. The molecular weight excluding hydrogens is 418 g/mol. The molecule has 2 aromatic carbocycles. The van der Waals surface area contributed by atoms with Gasteiger partial charge in [-0.15, -0.1) is 0 Å². The maximum atomic E-state index is 12.6. The van der Waals surface area contributed by atoms with Crippen molar-refractivity contribution >= 4 is 35.2 Å². The lowest BCUT2D eigenvalue weighted by Gasteiger charge is -2.32. The zero-order valence-electron chi connectivity index (χ0n) is 16.8. The summed E-state index contributed by atoms with van der Waals surface area (Å²) in [7, 11) is 0. The molecule has 160 valence electrons. The van der Waals surface area contributed by atoms with E-state index in [4.69, 9.17) is 11.6 Å². The van der Waals surface area contributed by atoms with Crippen LogP contribution in [0.4, 0.5) is 0 Å². The predicted octanol–water partition coefficient (Wildman–Crippen LogP) is 2.75. The zero-order valence-corrected chi connectivity index (χ0v) is 17.6. The smallest absolute Gasteiger partial charge is 0.261 e. The van der Waals surface area contributed by atoms with Gasteiger partial charge in [-0.25, -0.2) is 0 Å². The van der Waals surface area contributed by atoms with Gasteiger partial charge in [-0.05, 0) is 49.2 Å². The van der Waals surface area contributed by atoms with Crippen molar-refractivity contribution in [2.24, 2.45) is 0 Å². The number of imide groups is 1. The van der Waals surface area contributed by atoms with Gasteiger partial charge in [-0.1, -0.05) is 23.7 Å². The van der Waals surface area contributed by atoms with E-state index in [-0.39, 0.29) is 42.6 Å². The van der Waals surface area contributed by atoms with Gasteiger partial charge >= 0.3 is 0 Å². The number of carbonyl (C=O) groups is 4. The molecule has 0 aromatic heterocycles. The molecule has 1 fully saturated rings. The third-order valence-electron chi connectivity index (χ3n) is 5.68. The number of halogens is 1. The topological polar surface area (TPSA) is 86.8 Å².